The van der Waals surface area contributed by atoms with Gasteiger partial charge in [0.05, 0.1) is 23.7 Å². The van der Waals surface area contributed by atoms with E-state index in [2.05, 4.69) is 10.4 Å². The normalized spacial score (nSPS) is 21.0. The maximum Gasteiger partial charge on any atom is 0.307 e. The number of carboxylic acid groups (broad SMARTS) is 1. The number of carbonyl (C=O) groups excluding carboxylic acids is 2. The summed E-state index contributed by atoms with van der Waals surface area (Å²) in [6, 6.07) is 0. The van der Waals surface area contributed by atoms with Crippen molar-refractivity contribution >= 4 is 23.5 Å². The summed E-state index contributed by atoms with van der Waals surface area (Å²) in [5.41, 5.74) is 5.45. The molecule has 2 unspecified atom stereocenters. The molecule has 8 heteroatoms. The lowest BCUT2D eigenvalue weighted by Gasteiger charge is -2.23. The molecule has 2 amide bonds. The molecule has 0 saturated heterocycles. The molecule has 1 aliphatic carbocycles. The van der Waals surface area contributed by atoms with E-state index in [-0.39, 0.29) is 12.5 Å². The van der Waals surface area contributed by atoms with Crippen molar-refractivity contribution in [2.24, 2.45) is 17.6 Å². The van der Waals surface area contributed by atoms with Gasteiger partial charge in [-0.3, -0.25) is 19.1 Å². The fraction of sp³-hybridized carbons (Fsp3) is 0.385. The molecule has 0 aliphatic heterocycles. The molecule has 0 bridgehead atoms. The second kappa shape index (κ2) is 6.21. The molecular formula is C13H16N4O4. The van der Waals surface area contributed by atoms with Crippen molar-refractivity contribution in [1.82, 2.24) is 9.78 Å². The van der Waals surface area contributed by atoms with E-state index in [9.17, 15) is 14.4 Å². The minimum Gasteiger partial charge on any atom is -0.481 e. The smallest absolute Gasteiger partial charge is 0.307 e. The van der Waals surface area contributed by atoms with Crippen LogP contribution in [0.3, 0.4) is 0 Å². The summed E-state index contributed by atoms with van der Waals surface area (Å²) in [6.07, 6.45) is 7.16. The molecular weight excluding hydrogens is 276 g/mol. The molecule has 2 rings (SSSR count). The molecule has 1 heterocycles. The van der Waals surface area contributed by atoms with Crippen LogP contribution in [0.4, 0.5) is 5.69 Å². The van der Waals surface area contributed by atoms with Gasteiger partial charge in [-0.15, -0.1) is 0 Å². The Morgan fingerprint density at radius 3 is 2.62 bits per heavy atom. The Morgan fingerprint density at radius 2 is 2.00 bits per heavy atom. The molecule has 0 aromatic carbocycles. The average molecular weight is 292 g/mol. The van der Waals surface area contributed by atoms with Gasteiger partial charge in [-0.05, 0) is 12.8 Å². The SMILES string of the molecule is NC(=O)Cn1cc(NC(=O)C2CC=CCC2C(=O)O)cn1. The Hall–Kier alpha value is -2.64. The molecule has 0 saturated carbocycles. The number of aromatic nitrogens is 2. The third-order valence-corrected chi connectivity index (χ3v) is 3.30. The van der Waals surface area contributed by atoms with Gasteiger partial charge < -0.3 is 16.2 Å². The lowest BCUT2D eigenvalue weighted by molar-refractivity contribution is -0.146. The van der Waals surface area contributed by atoms with E-state index < -0.39 is 23.7 Å². The van der Waals surface area contributed by atoms with Crippen LogP contribution in [-0.4, -0.2) is 32.7 Å². The van der Waals surface area contributed by atoms with Gasteiger partial charge in [0.25, 0.3) is 0 Å². The van der Waals surface area contributed by atoms with Crippen LogP contribution in [0, 0.1) is 11.8 Å². The lowest BCUT2D eigenvalue weighted by atomic mass is 9.82. The number of primary amides is 1. The van der Waals surface area contributed by atoms with Crippen molar-refractivity contribution in [3.63, 3.8) is 0 Å². The van der Waals surface area contributed by atoms with E-state index >= 15 is 0 Å². The third kappa shape index (κ3) is 3.68. The first-order valence-electron chi connectivity index (χ1n) is 6.47. The maximum absolute atomic E-state index is 12.2. The van der Waals surface area contributed by atoms with Crippen molar-refractivity contribution in [2.75, 3.05) is 5.32 Å². The quantitative estimate of drug-likeness (QED) is 0.657. The van der Waals surface area contributed by atoms with Gasteiger partial charge in [-0.25, -0.2) is 0 Å². The Labute approximate surface area is 120 Å². The molecule has 112 valence electrons. The number of rotatable bonds is 5. The van der Waals surface area contributed by atoms with Gasteiger partial charge in [-0.2, -0.15) is 5.10 Å². The summed E-state index contributed by atoms with van der Waals surface area (Å²) < 4.78 is 1.30. The van der Waals surface area contributed by atoms with Crippen molar-refractivity contribution in [3.8, 4) is 0 Å². The van der Waals surface area contributed by atoms with Gasteiger partial charge in [0.1, 0.15) is 6.54 Å². The molecule has 0 fully saturated rings. The van der Waals surface area contributed by atoms with Gasteiger partial charge in [-0.1, -0.05) is 12.2 Å². The number of nitrogens with two attached hydrogens (primary N) is 1. The molecule has 0 spiro atoms. The van der Waals surface area contributed by atoms with E-state index in [1.165, 1.54) is 17.1 Å². The fourth-order valence-electron chi connectivity index (χ4n) is 2.29. The van der Waals surface area contributed by atoms with Gasteiger partial charge in [0.15, 0.2) is 0 Å². The number of carboxylic acids is 1. The summed E-state index contributed by atoms with van der Waals surface area (Å²) >= 11 is 0. The van der Waals surface area contributed by atoms with Crippen molar-refractivity contribution in [1.29, 1.82) is 0 Å². The van der Waals surface area contributed by atoms with Crippen LogP contribution in [0.15, 0.2) is 24.5 Å². The first kappa shape index (κ1) is 14.8. The molecule has 0 radical (unpaired) electrons. The van der Waals surface area contributed by atoms with Gasteiger partial charge in [0, 0.05) is 6.20 Å². The van der Waals surface area contributed by atoms with E-state index in [1.807, 2.05) is 0 Å². The second-order valence-corrected chi connectivity index (χ2v) is 4.88. The van der Waals surface area contributed by atoms with Crippen molar-refractivity contribution < 1.29 is 19.5 Å². The van der Waals surface area contributed by atoms with Gasteiger partial charge in [0.2, 0.25) is 11.8 Å². The van der Waals surface area contributed by atoms with Crippen LogP contribution in [0.5, 0.6) is 0 Å². The summed E-state index contributed by atoms with van der Waals surface area (Å²) in [6.45, 7) is -0.0835. The van der Waals surface area contributed by atoms with E-state index in [0.717, 1.165) is 0 Å². The minimum absolute atomic E-state index is 0.0835. The highest BCUT2D eigenvalue weighted by molar-refractivity contribution is 5.95. The van der Waals surface area contributed by atoms with Crippen LogP contribution < -0.4 is 11.1 Å². The maximum atomic E-state index is 12.2. The summed E-state index contributed by atoms with van der Waals surface area (Å²) in [7, 11) is 0. The number of hydrogen-bond donors (Lipinski definition) is 3. The summed E-state index contributed by atoms with van der Waals surface area (Å²) in [5.74, 6) is -3.24. The lowest BCUT2D eigenvalue weighted by Crippen LogP contribution is -2.34. The van der Waals surface area contributed by atoms with Crippen LogP contribution in [0.1, 0.15) is 12.8 Å². The monoisotopic (exact) mass is 292 g/mol. The molecule has 1 aromatic rings. The van der Waals surface area contributed by atoms with E-state index in [1.54, 1.807) is 12.2 Å². The number of nitrogens with one attached hydrogen (secondary N) is 1. The Balaban J connectivity index is 2.03. The highest BCUT2D eigenvalue weighted by Crippen LogP contribution is 2.27. The highest BCUT2D eigenvalue weighted by atomic mass is 16.4. The van der Waals surface area contributed by atoms with Gasteiger partial charge >= 0.3 is 5.97 Å². The molecule has 21 heavy (non-hydrogen) atoms. The number of amides is 2. The van der Waals surface area contributed by atoms with E-state index in [4.69, 9.17) is 10.8 Å². The minimum atomic E-state index is -0.982. The Bertz CT molecular complexity index is 593. The number of carbonyl (C=O) groups is 3. The molecule has 1 aliphatic rings. The zero-order chi connectivity index (χ0) is 15.4. The zero-order valence-electron chi connectivity index (χ0n) is 11.2. The Morgan fingerprint density at radius 1 is 1.33 bits per heavy atom. The Kier molecular flexibility index (Phi) is 4.36. The highest BCUT2D eigenvalue weighted by Gasteiger charge is 2.34. The largest absolute Gasteiger partial charge is 0.481 e. The summed E-state index contributed by atoms with van der Waals surface area (Å²) in [5, 5.41) is 15.6. The first-order chi connectivity index (χ1) is 9.97. The molecule has 8 nitrogen and oxygen atoms in total. The standard InChI is InChI=1S/C13H16N4O4/c14-11(18)7-17-6-8(5-15-17)16-12(19)9-3-1-2-4-10(9)13(20)21/h1-2,5-6,9-10H,3-4,7H2,(H2,14,18)(H,16,19)(H,20,21). The predicted molar refractivity (Wildman–Crippen MR) is 73.0 cm³/mol. The number of hydrogen-bond acceptors (Lipinski definition) is 4. The number of anilines is 1. The fourth-order valence-corrected chi connectivity index (χ4v) is 2.29. The van der Waals surface area contributed by atoms with Crippen LogP contribution in [-0.2, 0) is 20.9 Å². The number of aliphatic carboxylic acids is 1. The molecule has 2 atom stereocenters. The number of allylic oxidation sites excluding steroid dienone is 2. The summed E-state index contributed by atoms with van der Waals surface area (Å²) in [4.78, 5) is 34.1. The molecule has 1 aromatic heterocycles. The van der Waals surface area contributed by atoms with Crippen LogP contribution in [0.25, 0.3) is 0 Å². The van der Waals surface area contributed by atoms with Crippen molar-refractivity contribution in [2.45, 2.75) is 19.4 Å². The predicted octanol–water partition coefficient (Wildman–Crippen LogP) is -0.0261. The third-order valence-electron chi connectivity index (χ3n) is 3.30. The van der Waals surface area contributed by atoms with E-state index in [0.29, 0.717) is 18.5 Å². The average Bonchev–Trinajstić information content (AvgIpc) is 2.85. The molecule has 4 N–H and O–H groups in total. The van der Waals surface area contributed by atoms with Crippen LogP contribution in [0.2, 0.25) is 0 Å². The number of nitrogens with zero attached hydrogens (tertiary/aromatic N) is 2. The van der Waals surface area contributed by atoms with Crippen LogP contribution >= 0.6 is 0 Å². The van der Waals surface area contributed by atoms with Crippen molar-refractivity contribution in [3.05, 3.63) is 24.5 Å². The first-order valence-corrected chi connectivity index (χ1v) is 6.47. The second-order valence-electron chi connectivity index (χ2n) is 4.88. The zero-order valence-corrected chi connectivity index (χ0v) is 11.2. The topological polar surface area (TPSA) is 127 Å².